The lowest BCUT2D eigenvalue weighted by Gasteiger charge is -2.30. The molecule has 2 rings (SSSR count). The Morgan fingerprint density at radius 3 is 2.90 bits per heavy atom. The van der Waals surface area contributed by atoms with E-state index in [-0.39, 0.29) is 5.91 Å². The number of aliphatic carboxylic acids is 1. The third-order valence-electron chi connectivity index (χ3n) is 3.70. The molecule has 1 aliphatic rings. The Bertz CT molecular complexity index is 502. The molecule has 1 atom stereocenters. The first kappa shape index (κ1) is 14.4. The zero-order valence-corrected chi connectivity index (χ0v) is 11.4. The molecule has 1 fully saturated rings. The number of carbonyl (C=O) groups excluding carboxylic acids is 1. The normalized spacial score (nSPS) is 18.8. The first-order valence-corrected chi connectivity index (χ1v) is 6.91. The molecule has 0 aliphatic carbocycles. The Balaban J connectivity index is 1.87. The minimum Gasteiger partial charge on any atom is -0.481 e. The quantitative estimate of drug-likeness (QED) is 0.817. The van der Waals surface area contributed by atoms with Crippen molar-refractivity contribution in [2.24, 2.45) is 5.92 Å². The molecule has 1 aliphatic heterocycles. The van der Waals surface area contributed by atoms with E-state index in [2.05, 4.69) is 0 Å². The number of anilines is 1. The summed E-state index contributed by atoms with van der Waals surface area (Å²) in [6.07, 6.45) is 2.46. The molecular weight excluding hydrogens is 256 g/mol. The lowest BCUT2D eigenvalue weighted by Crippen LogP contribution is -2.42. The predicted molar refractivity (Wildman–Crippen MR) is 76.1 cm³/mol. The molecule has 1 aromatic rings. The highest BCUT2D eigenvalue weighted by molar-refractivity contribution is 5.78. The first-order valence-electron chi connectivity index (χ1n) is 6.91. The Morgan fingerprint density at radius 1 is 1.40 bits per heavy atom. The van der Waals surface area contributed by atoms with Crippen molar-refractivity contribution in [2.75, 3.05) is 18.8 Å². The molecule has 0 saturated carbocycles. The van der Waals surface area contributed by atoms with E-state index in [0.717, 1.165) is 12.0 Å². The highest BCUT2D eigenvalue weighted by Gasteiger charge is 2.27. The van der Waals surface area contributed by atoms with Crippen molar-refractivity contribution in [1.29, 1.82) is 0 Å². The van der Waals surface area contributed by atoms with Crippen molar-refractivity contribution < 1.29 is 14.7 Å². The number of nitrogens with two attached hydrogens (primary N) is 1. The number of carboxylic acids is 1. The molecule has 1 aromatic carbocycles. The third kappa shape index (κ3) is 3.73. The van der Waals surface area contributed by atoms with Gasteiger partial charge in [0, 0.05) is 25.2 Å². The van der Waals surface area contributed by atoms with Crippen LogP contribution in [0.5, 0.6) is 0 Å². The summed E-state index contributed by atoms with van der Waals surface area (Å²) in [6, 6.07) is 7.49. The molecule has 5 heteroatoms. The van der Waals surface area contributed by atoms with Crippen LogP contribution in [0.2, 0.25) is 0 Å². The number of aryl methyl sites for hydroxylation is 1. The number of hydrogen-bond donors (Lipinski definition) is 2. The average Bonchev–Trinajstić information content (AvgIpc) is 2.45. The van der Waals surface area contributed by atoms with Crippen molar-refractivity contribution in [1.82, 2.24) is 4.90 Å². The van der Waals surface area contributed by atoms with Crippen molar-refractivity contribution in [2.45, 2.75) is 25.7 Å². The molecule has 1 saturated heterocycles. The number of likely N-dealkylation sites (tertiary alicyclic amines) is 1. The van der Waals surface area contributed by atoms with Crippen molar-refractivity contribution in [3.63, 3.8) is 0 Å². The van der Waals surface area contributed by atoms with Crippen LogP contribution in [-0.2, 0) is 16.0 Å². The highest BCUT2D eigenvalue weighted by atomic mass is 16.4. The molecular formula is C15H20N2O3. The van der Waals surface area contributed by atoms with Crippen molar-refractivity contribution in [3.05, 3.63) is 29.8 Å². The van der Waals surface area contributed by atoms with E-state index < -0.39 is 11.9 Å². The molecule has 0 bridgehead atoms. The minimum absolute atomic E-state index is 0.0263. The molecule has 3 N–H and O–H groups in total. The first-order chi connectivity index (χ1) is 9.56. The Labute approximate surface area is 118 Å². The molecule has 0 radical (unpaired) electrons. The van der Waals surface area contributed by atoms with Gasteiger partial charge in [-0.3, -0.25) is 9.59 Å². The number of piperidine rings is 1. The summed E-state index contributed by atoms with van der Waals surface area (Å²) < 4.78 is 0. The maximum atomic E-state index is 12.1. The fraction of sp³-hybridized carbons (Fsp3) is 0.467. The average molecular weight is 276 g/mol. The molecule has 20 heavy (non-hydrogen) atoms. The Kier molecular flexibility index (Phi) is 4.61. The van der Waals surface area contributed by atoms with Gasteiger partial charge in [-0.1, -0.05) is 12.1 Å². The number of benzene rings is 1. The predicted octanol–water partition coefficient (Wildman–Crippen LogP) is 1.52. The van der Waals surface area contributed by atoms with E-state index in [1.807, 2.05) is 24.3 Å². The second-order valence-corrected chi connectivity index (χ2v) is 5.26. The van der Waals surface area contributed by atoms with E-state index in [1.54, 1.807) is 4.90 Å². The summed E-state index contributed by atoms with van der Waals surface area (Å²) in [5, 5.41) is 9.02. The summed E-state index contributed by atoms with van der Waals surface area (Å²) in [5.74, 6) is -1.20. The number of nitrogen functional groups attached to an aromatic ring is 1. The highest BCUT2D eigenvalue weighted by Crippen LogP contribution is 2.18. The Morgan fingerprint density at radius 2 is 2.20 bits per heavy atom. The maximum absolute atomic E-state index is 12.1. The van der Waals surface area contributed by atoms with Gasteiger partial charge in [0.2, 0.25) is 5.91 Å². The molecule has 0 spiro atoms. The molecule has 5 nitrogen and oxygen atoms in total. The summed E-state index contributed by atoms with van der Waals surface area (Å²) in [5.41, 5.74) is 7.42. The van der Waals surface area contributed by atoms with Gasteiger partial charge in [-0.25, -0.2) is 0 Å². The number of hydrogen-bond acceptors (Lipinski definition) is 3. The van der Waals surface area contributed by atoms with Gasteiger partial charge >= 0.3 is 5.97 Å². The SMILES string of the molecule is Nc1cccc(CCC(=O)N2CCC[C@@H](C(=O)O)C2)c1. The molecule has 1 heterocycles. The lowest BCUT2D eigenvalue weighted by atomic mass is 9.97. The van der Waals surface area contributed by atoms with E-state index >= 15 is 0 Å². The van der Waals surface area contributed by atoms with Crippen LogP contribution in [0, 0.1) is 5.92 Å². The molecule has 1 amide bonds. The third-order valence-corrected chi connectivity index (χ3v) is 3.70. The maximum Gasteiger partial charge on any atom is 0.308 e. The van der Waals surface area contributed by atoms with Gasteiger partial charge in [-0.05, 0) is 37.0 Å². The van der Waals surface area contributed by atoms with Crippen LogP contribution >= 0.6 is 0 Å². The van der Waals surface area contributed by atoms with E-state index in [1.165, 1.54) is 0 Å². The smallest absolute Gasteiger partial charge is 0.308 e. The van der Waals surface area contributed by atoms with E-state index in [4.69, 9.17) is 10.8 Å². The summed E-state index contributed by atoms with van der Waals surface area (Å²) in [6.45, 7) is 1.00. The number of carbonyl (C=O) groups is 2. The second-order valence-electron chi connectivity index (χ2n) is 5.26. The summed E-state index contributed by atoms with van der Waals surface area (Å²) in [7, 11) is 0. The topological polar surface area (TPSA) is 83.6 Å². The minimum atomic E-state index is -0.807. The van der Waals surface area contributed by atoms with Gasteiger partial charge in [0.1, 0.15) is 0 Å². The zero-order valence-electron chi connectivity index (χ0n) is 11.4. The van der Waals surface area contributed by atoms with Crippen LogP contribution in [0.3, 0.4) is 0 Å². The summed E-state index contributed by atoms with van der Waals surface area (Å²) in [4.78, 5) is 24.8. The fourth-order valence-corrected chi connectivity index (χ4v) is 2.56. The van der Waals surface area contributed by atoms with E-state index in [9.17, 15) is 9.59 Å². The number of amides is 1. The van der Waals surface area contributed by atoms with Gasteiger partial charge in [-0.15, -0.1) is 0 Å². The molecule has 0 aromatic heterocycles. The van der Waals surface area contributed by atoms with Gasteiger partial charge in [0.15, 0.2) is 0 Å². The lowest BCUT2D eigenvalue weighted by molar-refractivity contribution is -0.145. The monoisotopic (exact) mass is 276 g/mol. The molecule has 0 unspecified atom stereocenters. The van der Waals surface area contributed by atoms with Crippen LogP contribution in [0.4, 0.5) is 5.69 Å². The van der Waals surface area contributed by atoms with Crippen LogP contribution in [0.25, 0.3) is 0 Å². The van der Waals surface area contributed by atoms with Crippen molar-refractivity contribution in [3.8, 4) is 0 Å². The number of nitrogens with zero attached hydrogens (tertiary/aromatic N) is 1. The van der Waals surface area contributed by atoms with Gasteiger partial charge < -0.3 is 15.7 Å². The van der Waals surface area contributed by atoms with E-state index in [0.29, 0.717) is 38.0 Å². The van der Waals surface area contributed by atoms with Crippen LogP contribution in [0.1, 0.15) is 24.8 Å². The second kappa shape index (κ2) is 6.41. The Hall–Kier alpha value is -2.04. The van der Waals surface area contributed by atoms with Crippen LogP contribution < -0.4 is 5.73 Å². The largest absolute Gasteiger partial charge is 0.481 e. The number of carboxylic acid groups (broad SMARTS) is 1. The number of rotatable bonds is 4. The van der Waals surface area contributed by atoms with Crippen molar-refractivity contribution >= 4 is 17.6 Å². The summed E-state index contributed by atoms with van der Waals surface area (Å²) >= 11 is 0. The van der Waals surface area contributed by atoms with Gasteiger partial charge in [0.25, 0.3) is 0 Å². The van der Waals surface area contributed by atoms with Crippen LogP contribution in [0.15, 0.2) is 24.3 Å². The zero-order chi connectivity index (χ0) is 14.5. The standard InChI is InChI=1S/C15H20N2O3/c16-13-5-1-3-11(9-13)6-7-14(18)17-8-2-4-12(10-17)15(19)20/h1,3,5,9,12H,2,4,6-8,10,16H2,(H,19,20)/t12-/m1/s1. The molecule has 108 valence electrons. The van der Waals surface area contributed by atoms with Gasteiger partial charge in [-0.2, -0.15) is 0 Å². The van der Waals surface area contributed by atoms with Crippen LogP contribution in [-0.4, -0.2) is 35.0 Å². The fourth-order valence-electron chi connectivity index (χ4n) is 2.56. The van der Waals surface area contributed by atoms with Gasteiger partial charge in [0.05, 0.1) is 5.92 Å².